The number of methoxy groups -OCH3 is 1. The van der Waals surface area contributed by atoms with Crippen LogP contribution in [0.3, 0.4) is 0 Å². The van der Waals surface area contributed by atoms with E-state index in [2.05, 4.69) is 5.32 Å². The first-order valence-corrected chi connectivity index (χ1v) is 5.48. The minimum Gasteiger partial charge on any atom is -0.383 e. The quantitative estimate of drug-likeness (QED) is 0.835. The number of amides is 1. The van der Waals surface area contributed by atoms with Crippen LogP contribution in [-0.2, 0) is 16.0 Å². The molecule has 0 spiro atoms. The Morgan fingerprint density at radius 3 is 3.00 bits per heavy atom. The topological polar surface area (TPSA) is 64.3 Å². The van der Waals surface area contributed by atoms with E-state index in [4.69, 9.17) is 10.5 Å². The van der Waals surface area contributed by atoms with E-state index in [1.54, 1.807) is 0 Å². The van der Waals surface area contributed by atoms with Crippen LogP contribution in [0.1, 0.15) is 23.6 Å². The van der Waals surface area contributed by atoms with Crippen LogP contribution in [0.2, 0.25) is 0 Å². The molecule has 1 aromatic rings. The molecule has 0 bridgehead atoms. The Morgan fingerprint density at radius 2 is 2.29 bits per heavy atom. The molecule has 0 saturated heterocycles. The molecule has 92 valence electrons. The molecule has 17 heavy (non-hydrogen) atoms. The van der Waals surface area contributed by atoms with Crippen molar-refractivity contribution in [2.75, 3.05) is 19.0 Å². The standard InChI is InChI=1S/C12H15FN2O2/c1-17-6-10(14)9-5-8(13)4-7-2-3-11(16)15-12(7)9/h4-5,10H,2-3,6,14H2,1H3,(H,15,16). The number of ether oxygens (including phenoxy) is 1. The lowest BCUT2D eigenvalue weighted by Gasteiger charge is -2.23. The highest BCUT2D eigenvalue weighted by atomic mass is 19.1. The van der Waals surface area contributed by atoms with E-state index in [1.165, 1.54) is 19.2 Å². The maximum atomic E-state index is 13.4. The molecule has 0 aromatic heterocycles. The third-order valence-corrected chi connectivity index (χ3v) is 2.85. The number of fused-ring (bicyclic) bond motifs is 1. The van der Waals surface area contributed by atoms with Crippen LogP contribution in [0.4, 0.5) is 10.1 Å². The van der Waals surface area contributed by atoms with Crippen molar-refractivity contribution in [1.82, 2.24) is 0 Å². The zero-order valence-corrected chi connectivity index (χ0v) is 9.63. The largest absolute Gasteiger partial charge is 0.383 e. The van der Waals surface area contributed by atoms with E-state index in [1.807, 2.05) is 0 Å². The summed E-state index contributed by atoms with van der Waals surface area (Å²) in [5.41, 5.74) is 7.94. The Morgan fingerprint density at radius 1 is 1.53 bits per heavy atom. The Bertz CT molecular complexity index is 448. The lowest BCUT2D eigenvalue weighted by molar-refractivity contribution is -0.116. The molecular weight excluding hydrogens is 223 g/mol. The van der Waals surface area contributed by atoms with Gasteiger partial charge in [0, 0.05) is 19.2 Å². The Kier molecular flexibility index (Phi) is 3.40. The molecule has 4 nitrogen and oxygen atoms in total. The second-order valence-corrected chi connectivity index (χ2v) is 4.14. The fraction of sp³-hybridized carbons (Fsp3) is 0.417. The number of nitrogens with one attached hydrogen (secondary N) is 1. The number of hydrogen-bond acceptors (Lipinski definition) is 3. The number of carbonyl (C=O) groups excluding carboxylic acids is 1. The molecule has 0 radical (unpaired) electrons. The smallest absolute Gasteiger partial charge is 0.224 e. The molecule has 1 aromatic carbocycles. The van der Waals surface area contributed by atoms with Crippen molar-refractivity contribution in [3.05, 3.63) is 29.1 Å². The molecule has 1 unspecified atom stereocenters. The van der Waals surface area contributed by atoms with E-state index in [-0.39, 0.29) is 18.3 Å². The zero-order chi connectivity index (χ0) is 12.4. The number of nitrogens with two attached hydrogens (primary N) is 1. The van der Waals surface area contributed by atoms with E-state index in [0.717, 1.165) is 5.56 Å². The summed E-state index contributed by atoms with van der Waals surface area (Å²) in [6, 6.07) is 2.36. The summed E-state index contributed by atoms with van der Waals surface area (Å²) in [7, 11) is 1.53. The number of carbonyl (C=O) groups is 1. The minimum atomic E-state index is -0.442. The van der Waals surface area contributed by atoms with Crippen LogP contribution in [-0.4, -0.2) is 19.6 Å². The molecule has 0 fully saturated rings. The zero-order valence-electron chi connectivity index (χ0n) is 9.63. The number of benzene rings is 1. The summed E-state index contributed by atoms with van der Waals surface area (Å²) in [6.07, 6.45) is 0.932. The number of rotatable bonds is 3. The van der Waals surface area contributed by atoms with Gasteiger partial charge in [-0.25, -0.2) is 4.39 Å². The van der Waals surface area contributed by atoms with Crippen molar-refractivity contribution in [1.29, 1.82) is 0 Å². The Hall–Kier alpha value is -1.46. The number of halogens is 1. The van der Waals surface area contributed by atoms with Gasteiger partial charge in [-0.3, -0.25) is 4.79 Å². The number of hydrogen-bond donors (Lipinski definition) is 2. The first kappa shape index (κ1) is 12.0. The first-order chi connectivity index (χ1) is 8.11. The molecular formula is C12H15FN2O2. The van der Waals surface area contributed by atoms with Crippen molar-refractivity contribution >= 4 is 11.6 Å². The van der Waals surface area contributed by atoms with Crippen LogP contribution >= 0.6 is 0 Å². The highest BCUT2D eigenvalue weighted by molar-refractivity contribution is 5.95. The van der Waals surface area contributed by atoms with Gasteiger partial charge in [0.15, 0.2) is 0 Å². The van der Waals surface area contributed by atoms with Gasteiger partial charge in [0.2, 0.25) is 5.91 Å². The highest BCUT2D eigenvalue weighted by Crippen LogP contribution is 2.31. The molecule has 1 aliphatic heterocycles. The molecule has 0 saturated carbocycles. The SMILES string of the molecule is COCC(N)c1cc(F)cc2c1NC(=O)CC2. The molecule has 5 heteroatoms. The third kappa shape index (κ3) is 2.45. The van der Waals surface area contributed by atoms with E-state index in [0.29, 0.717) is 24.1 Å². The van der Waals surface area contributed by atoms with Crippen molar-refractivity contribution in [3.63, 3.8) is 0 Å². The average Bonchev–Trinajstić information content (AvgIpc) is 2.29. The van der Waals surface area contributed by atoms with E-state index >= 15 is 0 Å². The van der Waals surface area contributed by atoms with Gasteiger partial charge >= 0.3 is 0 Å². The summed E-state index contributed by atoms with van der Waals surface area (Å²) in [5, 5.41) is 2.75. The van der Waals surface area contributed by atoms with Crippen LogP contribution in [0, 0.1) is 5.82 Å². The van der Waals surface area contributed by atoms with Gasteiger partial charge in [0.25, 0.3) is 0 Å². The minimum absolute atomic E-state index is 0.0602. The molecule has 1 amide bonds. The number of anilines is 1. The molecule has 3 N–H and O–H groups in total. The van der Waals surface area contributed by atoms with E-state index < -0.39 is 6.04 Å². The lowest BCUT2D eigenvalue weighted by Crippen LogP contribution is -2.24. The summed E-state index contributed by atoms with van der Waals surface area (Å²) in [6.45, 7) is 0.283. The highest BCUT2D eigenvalue weighted by Gasteiger charge is 2.22. The summed E-state index contributed by atoms with van der Waals surface area (Å²) < 4.78 is 18.4. The van der Waals surface area contributed by atoms with Crippen LogP contribution < -0.4 is 11.1 Å². The fourth-order valence-corrected chi connectivity index (χ4v) is 2.05. The van der Waals surface area contributed by atoms with Crippen LogP contribution in [0.15, 0.2) is 12.1 Å². The predicted octanol–water partition coefficient (Wildman–Crippen LogP) is 1.36. The third-order valence-electron chi connectivity index (χ3n) is 2.85. The average molecular weight is 238 g/mol. The summed E-state index contributed by atoms with van der Waals surface area (Å²) in [4.78, 5) is 11.4. The van der Waals surface area contributed by atoms with Crippen LogP contribution in [0.25, 0.3) is 0 Å². The second kappa shape index (κ2) is 4.81. The summed E-state index contributed by atoms with van der Waals surface area (Å²) >= 11 is 0. The monoisotopic (exact) mass is 238 g/mol. The fourth-order valence-electron chi connectivity index (χ4n) is 2.05. The lowest BCUT2D eigenvalue weighted by atomic mass is 9.95. The second-order valence-electron chi connectivity index (χ2n) is 4.14. The van der Waals surface area contributed by atoms with Crippen molar-refractivity contribution in [3.8, 4) is 0 Å². The molecule has 1 heterocycles. The maximum absolute atomic E-state index is 13.4. The Labute approximate surface area is 98.9 Å². The summed E-state index contributed by atoms with van der Waals surface area (Å²) in [5.74, 6) is -0.392. The molecule has 2 rings (SSSR count). The van der Waals surface area contributed by atoms with Gasteiger partial charge in [0.05, 0.1) is 12.6 Å². The van der Waals surface area contributed by atoms with Gasteiger partial charge in [-0.1, -0.05) is 0 Å². The van der Waals surface area contributed by atoms with Gasteiger partial charge in [0.1, 0.15) is 5.82 Å². The van der Waals surface area contributed by atoms with Crippen molar-refractivity contribution in [2.24, 2.45) is 5.73 Å². The van der Waals surface area contributed by atoms with Crippen LogP contribution in [0.5, 0.6) is 0 Å². The molecule has 1 aliphatic rings. The van der Waals surface area contributed by atoms with Crippen molar-refractivity contribution in [2.45, 2.75) is 18.9 Å². The van der Waals surface area contributed by atoms with Gasteiger partial charge in [-0.05, 0) is 29.7 Å². The first-order valence-electron chi connectivity index (χ1n) is 5.48. The number of aryl methyl sites for hydroxylation is 1. The Balaban J connectivity index is 2.43. The van der Waals surface area contributed by atoms with E-state index in [9.17, 15) is 9.18 Å². The molecule has 1 atom stereocenters. The van der Waals surface area contributed by atoms with Crippen molar-refractivity contribution < 1.29 is 13.9 Å². The van der Waals surface area contributed by atoms with Gasteiger partial charge in [-0.15, -0.1) is 0 Å². The normalized spacial score (nSPS) is 16.3. The van der Waals surface area contributed by atoms with Gasteiger partial charge in [-0.2, -0.15) is 0 Å². The molecule has 0 aliphatic carbocycles. The maximum Gasteiger partial charge on any atom is 0.224 e. The van der Waals surface area contributed by atoms with Gasteiger partial charge < -0.3 is 15.8 Å². The predicted molar refractivity (Wildman–Crippen MR) is 62.2 cm³/mol.